The Kier molecular flexibility index (Phi) is 7.60. The first-order chi connectivity index (χ1) is 16.5. The topological polar surface area (TPSA) is 81.7 Å². The molecule has 4 rings (SSSR count). The number of alkyl carbamates (subject to hydrolysis) is 1. The van der Waals surface area contributed by atoms with Crippen molar-refractivity contribution in [1.29, 1.82) is 0 Å². The Morgan fingerprint density at radius 1 is 0.824 bits per heavy atom. The Morgan fingerprint density at radius 3 is 2.03 bits per heavy atom. The molecule has 0 bridgehead atoms. The summed E-state index contributed by atoms with van der Waals surface area (Å²) in [4.78, 5) is 36.3. The predicted octanol–water partition coefficient (Wildman–Crippen LogP) is 5.18. The van der Waals surface area contributed by atoms with Crippen molar-refractivity contribution in [3.8, 4) is 11.1 Å². The van der Waals surface area contributed by atoms with Crippen molar-refractivity contribution in [2.24, 2.45) is 0 Å². The maximum Gasteiger partial charge on any atom is 0.407 e. The van der Waals surface area contributed by atoms with Gasteiger partial charge in [-0.3, -0.25) is 9.59 Å². The molecule has 1 aliphatic carbocycles. The van der Waals surface area contributed by atoms with Gasteiger partial charge >= 0.3 is 12.1 Å². The van der Waals surface area contributed by atoms with Crippen molar-refractivity contribution in [1.82, 2.24) is 5.32 Å². The molecule has 0 fully saturated rings. The third kappa shape index (κ3) is 5.64. The Labute approximate surface area is 202 Å². The van der Waals surface area contributed by atoms with Gasteiger partial charge in [0.15, 0.2) is 0 Å². The van der Waals surface area contributed by atoms with Crippen LogP contribution in [0.5, 0.6) is 0 Å². The lowest BCUT2D eigenvalue weighted by atomic mass is 9.98. The van der Waals surface area contributed by atoms with Crippen molar-refractivity contribution >= 4 is 28.9 Å². The highest BCUT2D eigenvalue weighted by Gasteiger charge is 2.29. The smallest absolute Gasteiger partial charge is 0.407 e. The summed E-state index contributed by atoms with van der Waals surface area (Å²) in [5, 5.41) is 1.69. The monoisotopic (exact) mass is 477 g/mol. The third-order valence-electron chi connectivity index (χ3n) is 5.79. The number of carbonyl (C=O) groups excluding carboxylic acids is 3. The maximum atomic E-state index is 12.4. The molecular formula is C27H24ClNO5. The molecule has 1 amide bonds. The highest BCUT2D eigenvalue weighted by Crippen LogP contribution is 2.44. The van der Waals surface area contributed by atoms with Crippen LogP contribution in [0.3, 0.4) is 0 Å². The van der Waals surface area contributed by atoms with Crippen LogP contribution in [0.4, 0.5) is 4.79 Å². The highest BCUT2D eigenvalue weighted by molar-refractivity contribution is 6.64. The summed E-state index contributed by atoms with van der Waals surface area (Å²) in [6.07, 6.45) is -0.821. The second-order valence-electron chi connectivity index (χ2n) is 8.01. The quantitative estimate of drug-likeness (QED) is 0.339. The first kappa shape index (κ1) is 23.5. The van der Waals surface area contributed by atoms with E-state index in [1.807, 2.05) is 78.9 Å². The molecule has 0 radical (unpaired) electrons. The van der Waals surface area contributed by atoms with E-state index >= 15 is 0 Å². The summed E-state index contributed by atoms with van der Waals surface area (Å²) in [6.45, 7) is 0.251. The van der Waals surface area contributed by atoms with Crippen LogP contribution in [0.15, 0.2) is 78.9 Å². The van der Waals surface area contributed by atoms with E-state index < -0.39 is 23.3 Å². The van der Waals surface area contributed by atoms with Gasteiger partial charge in [0.1, 0.15) is 19.3 Å². The fraction of sp³-hybridized carbons (Fsp3) is 0.222. The number of carbonyl (C=O) groups is 3. The van der Waals surface area contributed by atoms with Gasteiger partial charge in [0.25, 0.3) is 0 Å². The summed E-state index contributed by atoms with van der Waals surface area (Å²) >= 11 is 5.64. The molecule has 1 atom stereocenters. The number of benzene rings is 3. The lowest BCUT2D eigenvalue weighted by molar-refractivity contribution is -0.145. The van der Waals surface area contributed by atoms with Crippen LogP contribution in [0.2, 0.25) is 0 Å². The highest BCUT2D eigenvalue weighted by atomic mass is 35.5. The van der Waals surface area contributed by atoms with Crippen molar-refractivity contribution < 1.29 is 23.9 Å². The van der Waals surface area contributed by atoms with Crippen LogP contribution in [-0.4, -0.2) is 30.0 Å². The van der Waals surface area contributed by atoms with Gasteiger partial charge in [0.05, 0.1) is 0 Å². The summed E-state index contributed by atoms with van der Waals surface area (Å²) in [7, 11) is 0. The molecule has 6 nitrogen and oxygen atoms in total. The molecule has 0 aromatic heterocycles. The third-order valence-corrected chi connectivity index (χ3v) is 6.05. The standard InChI is InChI=1S/C27H24ClNO5/c28-26(31)24(14-15-25(30)33-16-18-8-2-1-3-9-18)29-27(32)34-17-23-21-12-6-4-10-19(21)20-11-5-7-13-22(20)23/h1-13,23-24H,14-17H2,(H,29,32)/t24-/m1/s1. The molecule has 0 aliphatic heterocycles. The minimum atomic E-state index is -1.05. The molecule has 3 aromatic carbocycles. The number of amides is 1. The van der Waals surface area contributed by atoms with Gasteiger partial charge in [-0.2, -0.15) is 0 Å². The Hall–Kier alpha value is -3.64. The number of esters is 1. The fourth-order valence-corrected chi connectivity index (χ4v) is 4.26. The number of fused-ring (bicyclic) bond motifs is 3. The zero-order valence-electron chi connectivity index (χ0n) is 18.4. The van der Waals surface area contributed by atoms with Gasteiger partial charge in [-0.25, -0.2) is 4.79 Å². The predicted molar refractivity (Wildman–Crippen MR) is 128 cm³/mol. The van der Waals surface area contributed by atoms with E-state index in [2.05, 4.69) is 5.32 Å². The summed E-state index contributed by atoms with van der Waals surface area (Å²) in [5.74, 6) is -0.586. The number of nitrogens with one attached hydrogen (secondary N) is 1. The molecule has 0 saturated carbocycles. The molecule has 174 valence electrons. The van der Waals surface area contributed by atoms with Gasteiger partial charge < -0.3 is 14.8 Å². The second-order valence-corrected chi connectivity index (χ2v) is 8.38. The zero-order chi connectivity index (χ0) is 23.9. The van der Waals surface area contributed by atoms with Crippen LogP contribution in [0, 0.1) is 0 Å². The van der Waals surface area contributed by atoms with E-state index in [9.17, 15) is 14.4 Å². The van der Waals surface area contributed by atoms with Gasteiger partial charge in [-0.1, -0.05) is 78.9 Å². The first-order valence-corrected chi connectivity index (χ1v) is 11.4. The molecule has 0 unspecified atom stereocenters. The van der Waals surface area contributed by atoms with E-state index in [0.29, 0.717) is 0 Å². The molecule has 0 saturated heterocycles. The Bertz CT molecular complexity index is 1130. The molecule has 1 N–H and O–H groups in total. The molecule has 1 aliphatic rings. The number of hydrogen-bond donors (Lipinski definition) is 1. The van der Waals surface area contributed by atoms with E-state index in [1.165, 1.54) is 0 Å². The van der Waals surface area contributed by atoms with Crippen molar-refractivity contribution in [2.75, 3.05) is 6.61 Å². The Morgan fingerprint density at radius 2 is 1.41 bits per heavy atom. The van der Waals surface area contributed by atoms with Crippen LogP contribution < -0.4 is 5.32 Å². The van der Waals surface area contributed by atoms with Crippen LogP contribution >= 0.6 is 11.6 Å². The number of halogens is 1. The largest absolute Gasteiger partial charge is 0.461 e. The SMILES string of the molecule is O=C(CC[C@@H](NC(=O)OCC1c2ccccc2-c2ccccc21)C(=O)Cl)OCc1ccccc1. The summed E-state index contributed by atoms with van der Waals surface area (Å²) < 4.78 is 10.7. The Balaban J connectivity index is 1.29. The number of rotatable bonds is 9. The second kappa shape index (κ2) is 11.0. The van der Waals surface area contributed by atoms with Crippen LogP contribution in [-0.2, 0) is 25.7 Å². The fourth-order valence-electron chi connectivity index (χ4n) is 4.10. The maximum absolute atomic E-state index is 12.4. The lowest BCUT2D eigenvalue weighted by Gasteiger charge is -2.17. The van der Waals surface area contributed by atoms with Gasteiger partial charge in [-0.05, 0) is 45.8 Å². The number of hydrogen-bond acceptors (Lipinski definition) is 5. The average molecular weight is 478 g/mol. The number of ether oxygens (including phenoxy) is 2. The zero-order valence-corrected chi connectivity index (χ0v) is 19.2. The van der Waals surface area contributed by atoms with Crippen molar-refractivity contribution in [2.45, 2.75) is 31.4 Å². The van der Waals surface area contributed by atoms with Crippen LogP contribution in [0.1, 0.15) is 35.4 Å². The minimum absolute atomic E-state index is 0.0140. The van der Waals surface area contributed by atoms with Crippen molar-refractivity contribution in [3.63, 3.8) is 0 Å². The first-order valence-electron chi connectivity index (χ1n) is 11.0. The van der Waals surface area contributed by atoms with Crippen molar-refractivity contribution in [3.05, 3.63) is 95.6 Å². The average Bonchev–Trinajstić information content (AvgIpc) is 3.18. The van der Waals surface area contributed by atoms with E-state index in [-0.39, 0.29) is 32.0 Å². The summed E-state index contributed by atoms with van der Waals surface area (Å²) in [5.41, 5.74) is 5.27. The van der Waals surface area contributed by atoms with E-state index in [0.717, 1.165) is 27.8 Å². The molecular weight excluding hydrogens is 454 g/mol. The lowest BCUT2D eigenvalue weighted by Crippen LogP contribution is -2.40. The molecule has 3 aromatic rings. The molecule has 0 spiro atoms. The minimum Gasteiger partial charge on any atom is -0.461 e. The van der Waals surface area contributed by atoms with Gasteiger partial charge in [0, 0.05) is 12.3 Å². The van der Waals surface area contributed by atoms with Gasteiger partial charge in [0.2, 0.25) is 5.24 Å². The molecule has 0 heterocycles. The molecule has 7 heteroatoms. The van der Waals surface area contributed by atoms with E-state index in [4.69, 9.17) is 21.1 Å². The summed E-state index contributed by atoms with van der Waals surface area (Å²) in [6, 6.07) is 24.2. The molecule has 34 heavy (non-hydrogen) atoms. The van der Waals surface area contributed by atoms with Crippen LogP contribution in [0.25, 0.3) is 11.1 Å². The van der Waals surface area contributed by atoms with Gasteiger partial charge in [-0.15, -0.1) is 0 Å². The van der Waals surface area contributed by atoms with E-state index in [1.54, 1.807) is 0 Å². The normalized spacial score (nSPS) is 12.9.